The van der Waals surface area contributed by atoms with Gasteiger partial charge < -0.3 is 5.11 Å². The van der Waals surface area contributed by atoms with Crippen molar-refractivity contribution in [3.8, 4) is 0 Å². The Balaban J connectivity index is 4.45. The SMILES string of the molecule is C=C(CO)C(C)(SC)[C@H](C)Br. The van der Waals surface area contributed by atoms with Crippen molar-refractivity contribution < 1.29 is 5.11 Å². The van der Waals surface area contributed by atoms with Crippen molar-refractivity contribution >= 4 is 27.7 Å². The maximum Gasteiger partial charge on any atom is 0.0652 e. The number of halogens is 1. The highest BCUT2D eigenvalue weighted by Gasteiger charge is 2.30. The van der Waals surface area contributed by atoms with Crippen LogP contribution in [-0.4, -0.2) is 27.5 Å². The molecule has 0 radical (unpaired) electrons. The minimum Gasteiger partial charge on any atom is -0.392 e. The topological polar surface area (TPSA) is 20.2 Å². The summed E-state index contributed by atoms with van der Waals surface area (Å²) in [5.41, 5.74) is 0.870. The number of aliphatic hydroxyl groups is 1. The monoisotopic (exact) mass is 238 g/mol. The molecule has 11 heavy (non-hydrogen) atoms. The van der Waals surface area contributed by atoms with Crippen LogP contribution >= 0.6 is 27.7 Å². The first-order chi connectivity index (χ1) is 4.99. The Morgan fingerprint density at radius 1 is 1.82 bits per heavy atom. The third-order valence-corrected chi connectivity index (χ3v) is 4.79. The molecule has 3 heteroatoms. The fourth-order valence-electron chi connectivity index (χ4n) is 0.745. The van der Waals surface area contributed by atoms with Crippen LogP contribution in [0.3, 0.4) is 0 Å². The zero-order chi connectivity index (χ0) is 9.07. The maximum atomic E-state index is 8.92. The number of thioether (sulfide) groups is 1. The Hall–Kier alpha value is 0.530. The predicted molar refractivity (Wildman–Crippen MR) is 56.5 cm³/mol. The van der Waals surface area contributed by atoms with E-state index < -0.39 is 0 Å². The third-order valence-electron chi connectivity index (χ3n) is 2.08. The van der Waals surface area contributed by atoms with Gasteiger partial charge in [-0.25, -0.2) is 0 Å². The maximum absolute atomic E-state index is 8.92. The molecule has 0 rings (SSSR count). The van der Waals surface area contributed by atoms with Crippen molar-refractivity contribution in [3.05, 3.63) is 12.2 Å². The van der Waals surface area contributed by atoms with Gasteiger partial charge in [-0.1, -0.05) is 29.4 Å². The van der Waals surface area contributed by atoms with E-state index in [1.165, 1.54) is 0 Å². The average molecular weight is 239 g/mol. The third kappa shape index (κ3) is 2.49. The van der Waals surface area contributed by atoms with Crippen LogP contribution in [0.4, 0.5) is 0 Å². The molecular weight excluding hydrogens is 224 g/mol. The molecule has 0 aliphatic heterocycles. The van der Waals surface area contributed by atoms with Gasteiger partial charge in [0, 0.05) is 9.57 Å². The molecule has 0 bridgehead atoms. The second kappa shape index (κ2) is 4.53. The number of hydrogen-bond donors (Lipinski definition) is 1. The molecule has 66 valence electrons. The van der Waals surface area contributed by atoms with E-state index in [1.54, 1.807) is 11.8 Å². The van der Waals surface area contributed by atoms with Crippen molar-refractivity contribution in [2.75, 3.05) is 12.9 Å². The molecule has 0 saturated carbocycles. The van der Waals surface area contributed by atoms with Crippen LogP contribution in [0.1, 0.15) is 13.8 Å². The van der Waals surface area contributed by atoms with Crippen LogP contribution < -0.4 is 0 Å². The van der Waals surface area contributed by atoms with Crippen molar-refractivity contribution in [2.45, 2.75) is 23.4 Å². The van der Waals surface area contributed by atoms with E-state index >= 15 is 0 Å². The summed E-state index contributed by atoms with van der Waals surface area (Å²) in [6.45, 7) is 8.05. The highest BCUT2D eigenvalue weighted by Crippen LogP contribution is 2.36. The van der Waals surface area contributed by atoms with Crippen molar-refractivity contribution in [3.63, 3.8) is 0 Å². The lowest BCUT2D eigenvalue weighted by molar-refractivity contribution is 0.321. The van der Waals surface area contributed by atoms with E-state index in [0.717, 1.165) is 5.57 Å². The van der Waals surface area contributed by atoms with E-state index in [1.807, 2.05) is 6.26 Å². The minimum atomic E-state index is -0.0608. The molecule has 0 aliphatic rings. The van der Waals surface area contributed by atoms with Crippen molar-refractivity contribution in [1.82, 2.24) is 0 Å². The number of aliphatic hydroxyl groups excluding tert-OH is 1. The Labute approximate surface area is 81.4 Å². The largest absolute Gasteiger partial charge is 0.392 e. The lowest BCUT2D eigenvalue weighted by Crippen LogP contribution is -2.32. The van der Waals surface area contributed by atoms with Crippen LogP contribution in [-0.2, 0) is 0 Å². The first kappa shape index (κ1) is 11.5. The standard InChI is InChI=1S/C8H15BrOS/c1-6(5-10)8(3,11-4)7(2)9/h7,10H,1,5H2,2-4H3/t7-,8?/m0/s1. The van der Waals surface area contributed by atoms with E-state index in [9.17, 15) is 0 Å². The van der Waals surface area contributed by atoms with E-state index in [2.05, 4.69) is 36.4 Å². The molecule has 0 aliphatic carbocycles. The van der Waals surface area contributed by atoms with Gasteiger partial charge in [0.05, 0.1) is 6.61 Å². The molecule has 1 N–H and O–H groups in total. The molecule has 0 heterocycles. The fraction of sp³-hybridized carbons (Fsp3) is 0.750. The Morgan fingerprint density at radius 3 is 2.36 bits per heavy atom. The number of hydrogen-bond acceptors (Lipinski definition) is 2. The summed E-state index contributed by atoms with van der Waals surface area (Å²) in [5.74, 6) is 0. The minimum absolute atomic E-state index is 0.0608. The zero-order valence-electron chi connectivity index (χ0n) is 7.22. The molecule has 0 fully saturated rings. The van der Waals surface area contributed by atoms with Crippen LogP contribution in [0.5, 0.6) is 0 Å². The van der Waals surface area contributed by atoms with Gasteiger partial charge in [-0.15, -0.1) is 0 Å². The molecule has 0 spiro atoms. The van der Waals surface area contributed by atoms with E-state index in [-0.39, 0.29) is 11.4 Å². The Morgan fingerprint density at radius 2 is 2.27 bits per heavy atom. The van der Waals surface area contributed by atoms with Crippen molar-refractivity contribution in [1.29, 1.82) is 0 Å². The lowest BCUT2D eigenvalue weighted by Gasteiger charge is -2.31. The van der Waals surface area contributed by atoms with Crippen LogP contribution in [0.25, 0.3) is 0 Å². The number of rotatable bonds is 4. The quantitative estimate of drug-likeness (QED) is 0.600. The molecule has 1 unspecified atom stereocenters. The van der Waals surface area contributed by atoms with Gasteiger partial charge in [0.1, 0.15) is 0 Å². The molecule has 0 aromatic heterocycles. The summed E-state index contributed by atoms with van der Waals surface area (Å²) in [5, 5.41) is 8.92. The highest BCUT2D eigenvalue weighted by molar-refractivity contribution is 9.09. The average Bonchev–Trinajstić information content (AvgIpc) is 2.01. The second-order valence-electron chi connectivity index (χ2n) is 2.69. The fourth-order valence-corrected chi connectivity index (χ4v) is 2.31. The summed E-state index contributed by atoms with van der Waals surface area (Å²) < 4.78 is -0.0608. The van der Waals surface area contributed by atoms with Gasteiger partial charge >= 0.3 is 0 Å². The summed E-state index contributed by atoms with van der Waals surface area (Å²) in [6, 6.07) is 0. The molecule has 0 aromatic rings. The van der Waals surface area contributed by atoms with Gasteiger partial charge in [-0.3, -0.25) is 0 Å². The Kier molecular flexibility index (Phi) is 4.75. The van der Waals surface area contributed by atoms with Crippen LogP contribution in [0.15, 0.2) is 12.2 Å². The zero-order valence-corrected chi connectivity index (χ0v) is 9.63. The number of alkyl halides is 1. The van der Waals surface area contributed by atoms with Gasteiger partial charge in [0.25, 0.3) is 0 Å². The molecule has 0 saturated heterocycles. The lowest BCUT2D eigenvalue weighted by atomic mass is 9.99. The predicted octanol–water partition coefficient (Wildman–Crippen LogP) is 2.44. The summed E-state index contributed by atoms with van der Waals surface area (Å²) in [6.07, 6.45) is 2.03. The smallest absolute Gasteiger partial charge is 0.0652 e. The highest BCUT2D eigenvalue weighted by atomic mass is 79.9. The van der Waals surface area contributed by atoms with E-state index in [4.69, 9.17) is 5.11 Å². The normalized spacial score (nSPS) is 19.0. The van der Waals surface area contributed by atoms with Gasteiger partial charge in [0.2, 0.25) is 0 Å². The first-order valence-electron chi connectivity index (χ1n) is 3.47. The van der Waals surface area contributed by atoms with Gasteiger partial charge in [0.15, 0.2) is 0 Å². The summed E-state index contributed by atoms with van der Waals surface area (Å²) in [4.78, 5) is 0.324. The molecule has 2 atom stereocenters. The van der Waals surface area contributed by atoms with Crippen LogP contribution in [0, 0.1) is 0 Å². The van der Waals surface area contributed by atoms with Crippen molar-refractivity contribution in [2.24, 2.45) is 0 Å². The summed E-state index contributed by atoms with van der Waals surface area (Å²) in [7, 11) is 0. The van der Waals surface area contributed by atoms with Gasteiger partial charge in [-0.05, 0) is 18.8 Å². The first-order valence-corrected chi connectivity index (χ1v) is 5.61. The van der Waals surface area contributed by atoms with Crippen LogP contribution in [0.2, 0.25) is 0 Å². The Bertz CT molecular complexity index is 147. The molecule has 0 amide bonds. The molecule has 1 nitrogen and oxygen atoms in total. The summed E-state index contributed by atoms with van der Waals surface area (Å²) >= 11 is 5.21. The second-order valence-corrected chi connectivity index (χ2v) is 5.32. The molecular formula is C8H15BrOS. The van der Waals surface area contributed by atoms with Gasteiger partial charge in [-0.2, -0.15) is 11.8 Å². The van der Waals surface area contributed by atoms with E-state index in [0.29, 0.717) is 4.83 Å². The molecule has 0 aromatic carbocycles.